The van der Waals surface area contributed by atoms with Crippen LogP contribution in [-0.2, 0) is 13.6 Å². The Bertz CT molecular complexity index is 804. The van der Waals surface area contributed by atoms with E-state index in [0.29, 0.717) is 13.2 Å². The second-order valence-corrected chi connectivity index (χ2v) is 8.30. The third-order valence-corrected chi connectivity index (χ3v) is 5.98. The molecule has 0 amide bonds. The fraction of sp³-hybridized carbons (Fsp3) is 0.609. The van der Waals surface area contributed by atoms with Crippen LogP contribution in [-0.4, -0.2) is 53.6 Å². The van der Waals surface area contributed by atoms with Gasteiger partial charge in [-0.05, 0) is 64.0 Å². The number of benzene rings is 1. The number of hydrogen-bond donors (Lipinski definition) is 1. The number of piperidine rings is 1. The molecule has 0 saturated carbocycles. The highest BCUT2D eigenvalue weighted by Crippen LogP contribution is 2.34. The van der Waals surface area contributed by atoms with Gasteiger partial charge < -0.3 is 19.7 Å². The number of nitrogens with one attached hydrogen (secondary N) is 1. The summed E-state index contributed by atoms with van der Waals surface area (Å²) in [6.07, 6.45) is 8.30. The zero-order valence-electron chi connectivity index (χ0n) is 17.8. The highest BCUT2D eigenvalue weighted by molar-refractivity contribution is 5.66. The molecule has 1 aromatic carbocycles. The molecule has 6 heteroatoms. The van der Waals surface area contributed by atoms with Crippen LogP contribution in [0.25, 0.3) is 11.3 Å². The van der Waals surface area contributed by atoms with Gasteiger partial charge in [0.15, 0.2) is 11.5 Å². The van der Waals surface area contributed by atoms with E-state index in [1.54, 1.807) is 0 Å². The lowest BCUT2D eigenvalue weighted by atomic mass is 10.0. The van der Waals surface area contributed by atoms with Gasteiger partial charge >= 0.3 is 0 Å². The molecule has 0 spiro atoms. The SMILES string of the molecule is CC1CCCCN1CCCNCc1cn(C)nc1-c1ccc2c(c1)OCCCO2. The smallest absolute Gasteiger partial charge is 0.161 e. The number of aromatic nitrogens is 2. The van der Waals surface area contributed by atoms with Gasteiger partial charge in [-0.15, -0.1) is 0 Å². The first kappa shape index (κ1) is 20.2. The fourth-order valence-corrected chi connectivity index (χ4v) is 4.34. The van der Waals surface area contributed by atoms with Crippen molar-refractivity contribution in [3.63, 3.8) is 0 Å². The quantitative estimate of drug-likeness (QED) is 0.722. The van der Waals surface area contributed by atoms with Crippen LogP contribution in [0, 0.1) is 0 Å². The number of likely N-dealkylation sites (tertiary alicyclic amines) is 1. The van der Waals surface area contributed by atoms with E-state index in [9.17, 15) is 0 Å². The molecule has 6 nitrogen and oxygen atoms in total. The molecule has 2 aromatic rings. The predicted molar refractivity (Wildman–Crippen MR) is 115 cm³/mol. The minimum atomic E-state index is 0.697. The number of ether oxygens (including phenoxy) is 2. The minimum Gasteiger partial charge on any atom is -0.490 e. The topological polar surface area (TPSA) is 51.6 Å². The average Bonchev–Trinajstić information content (AvgIpc) is 2.94. The van der Waals surface area contributed by atoms with Crippen molar-refractivity contribution in [1.82, 2.24) is 20.0 Å². The number of fused-ring (bicyclic) bond motifs is 1. The molecule has 2 aliphatic rings. The van der Waals surface area contributed by atoms with Crippen LogP contribution < -0.4 is 14.8 Å². The second kappa shape index (κ2) is 9.63. The monoisotopic (exact) mass is 398 g/mol. The summed E-state index contributed by atoms with van der Waals surface area (Å²) in [5.41, 5.74) is 3.31. The first-order valence-electron chi connectivity index (χ1n) is 11.1. The molecule has 29 heavy (non-hydrogen) atoms. The van der Waals surface area contributed by atoms with E-state index < -0.39 is 0 Å². The normalized spacial score (nSPS) is 19.9. The van der Waals surface area contributed by atoms with Crippen LogP contribution in [0.3, 0.4) is 0 Å². The van der Waals surface area contributed by atoms with E-state index in [4.69, 9.17) is 14.6 Å². The Labute approximate surface area is 174 Å². The first-order chi connectivity index (χ1) is 14.2. The highest BCUT2D eigenvalue weighted by atomic mass is 16.5. The highest BCUT2D eigenvalue weighted by Gasteiger charge is 2.18. The lowest BCUT2D eigenvalue weighted by molar-refractivity contribution is 0.159. The van der Waals surface area contributed by atoms with Crippen molar-refractivity contribution < 1.29 is 9.47 Å². The Balaban J connectivity index is 1.34. The number of aryl methyl sites for hydroxylation is 1. The Kier molecular flexibility index (Phi) is 6.72. The molecular formula is C23H34N4O2. The molecule has 1 saturated heterocycles. The molecule has 0 aliphatic carbocycles. The van der Waals surface area contributed by atoms with E-state index >= 15 is 0 Å². The molecule has 2 aliphatic heterocycles. The summed E-state index contributed by atoms with van der Waals surface area (Å²) in [6, 6.07) is 6.89. The zero-order chi connectivity index (χ0) is 20.1. The number of hydrogen-bond acceptors (Lipinski definition) is 5. The van der Waals surface area contributed by atoms with Crippen molar-refractivity contribution in [2.75, 3.05) is 32.8 Å². The molecule has 0 radical (unpaired) electrons. The van der Waals surface area contributed by atoms with Crippen molar-refractivity contribution in [1.29, 1.82) is 0 Å². The number of nitrogens with zero attached hydrogens (tertiary/aromatic N) is 3. The molecule has 1 aromatic heterocycles. The van der Waals surface area contributed by atoms with Gasteiger partial charge in [0.05, 0.1) is 18.9 Å². The summed E-state index contributed by atoms with van der Waals surface area (Å²) in [7, 11) is 1.98. The van der Waals surface area contributed by atoms with E-state index in [1.165, 1.54) is 44.3 Å². The van der Waals surface area contributed by atoms with Crippen LogP contribution in [0.4, 0.5) is 0 Å². The zero-order valence-corrected chi connectivity index (χ0v) is 17.8. The summed E-state index contributed by atoms with van der Waals surface area (Å²) in [4.78, 5) is 2.64. The third-order valence-electron chi connectivity index (χ3n) is 5.98. The van der Waals surface area contributed by atoms with Gasteiger partial charge in [0, 0.05) is 43.4 Å². The molecule has 1 fully saturated rings. The van der Waals surface area contributed by atoms with Gasteiger partial charge in [-0.3, -0.25) is 4.68 Å². The minimum absolute atomic E-state index is 0.697. The second-order valence-electron chi connectivity index (χ2n) is 8.30. The van der Waals surface area contributed by atoms with Crippen LogP contribution >= 0.6 is 0 Å². The fourth-order valence-electron chi connectivity index (χ4n) is 4.34. The van der Waals surface area contributed by atoms with Gasteiger partial charge in [-0.1, -0.05) is 6.42 Å². The summed E-state index contributed by atoms with van der Waals surface area (Å²) in [5, 5.41) is 8.32. The van der Waals surface area contributed by atoms with Crippen molar-refractivity contribution in [2.45, 2.75) is 51.6 Å². The summed E-state index contributed by atoms with van der Waals surface area (Å²) in [5.74, 6) is 1.65. The average molecular weight is 399 g/mol. The maximum Gasteiger partial charge on any atom is 0.161 e. The molecule has 0 bridgehead atoms. The molecule has 158 valence electrons. The van der Waals surface area contributed by atoms with Crippen LogP contribution in [0.5, 0.6) is 11.5 Å². The molecule has 3 heterocycles. The Morgan fingerprint density at radius 2 is 2.00 bits per heavy atom. The van der Waals surface area contributed by atoms with Crippen LogP contribution in [0.2, 0.25) is 0 Å². The van der Waals surface area contributed by atoms with Crippen molar-refractivity contribution in [3.8, 4) is 22.8 Å². The lowest BCUT2D eigenvalue weighted by Gasteiger charge is -2.33. The van der Waals surface area contributed by atoms with Crippen molar-refractivity contribution in [2.24, 2.45) is 7.05 Å². The standard InChI is InChI=1S/C23H34N4O2/c1-18-7-3-4-11-27(18)12-5-10-24-16-20-17-26(2)25-23(20)19-8-9-21-22(15-19)29-14-6-13-28-21/h8-9,15,17-18,24H,3-7,10-14,16H2,1-2H3. The van der Waals surface area contributed by atoms with Gasteiger partial charge in [0.25, 0.3) is 0 Å². The van der Waals surface area contributed by atoms with E-state index in [2.05, 4.69) is 35.5 Å². The van der Waals surface area contributed by atoms with E-state index in [0.717, 1.165) is 48.3 Å². The van der Waals surface area contributed by atoms with Crippen LogP contribution in [0.15, 0.2) is 24.4 Å². The van der Waals surface area contributed by atoms with Crippen molar-refractivity contribution in [3.05, 3.63) is 30.0 Å². The maximum atomic E-state index is 5.86. The van der Waals surface area contributed by atoms with E-state index in [1.807, 2.05) is 17.8 Å². The Morgan fingerprint density at radius 3 is 2.86 bits per heavy atom. The molecular weight excluding hydrogens is 364 g/mol. The van der Waals surface area contributed by atoms with Gasteiger partial charge in [0.1, 0.15) is 0 Å². The predicted octanol–water partition coefficient (Wildman–Crippen LogP) is 3.60. The van der Waals surface area contributed by atoms with Crippen LogP contribution in [0.1, 0.15) is 44.6 Å². The summed E-state index contributed by atoms with van der Waals surface area (Å²) >= 11 is 0. The largest absolute Gasteiger partial charge is 0.490 e. The molecule has 1 N–H and O–H groups in total. The molecule has 4 rings (SSSR count). The van der Waals surface area contributed by atoms with Crippen molar-refractivity contribution >= 4 is 0 Å². The molecule has 1 atom stereocenters. The maximum absolute atomic E-state index is 5.86. The molecule has 1 unspecified atom stereocenters. The number of rotatable bonds is 7. The van der Waals surface area contributed by atoms with Gasteiger partial charge in [-0.2, -0.15) is 5.10 Å². The Hall–Kier alpha value is -2.05. The summed E-state index contributed by atoms with van der Waals surface area (Å²) in [6.45, 7) is 8.08. The first-order valence-corrected chi connectivity index (χ1v) is 11.1. The lowest BCUT2D eigenvalue weighted by Crippen LogP contribution is -2.38. The Morgan fingerprint density at radius 1 is 1.14 bits per heavy atom. The van der Waals surface area contributed by atoms with E-state index in [-0.39, 0.29) is 0 Å². The van der Waals surface area contributed by atoms with Gasteiger partial charge in [-0.25, -0.2) is 0 Å². The van der Waals surface area contributed by atoms with Gasteiger partial charge in [0.2, 0.25) is 0 Å². The summed E-state index contributed by atoms with van der Waals surface area (Å²) < 4.78 is 13.5. The third kappa shape index (κ3) is 5.11.